The summed E-state index contributed by atoms with van der Waals surface area (Å²) in [4.78, 5) is 42.6. The molecule has 0 saturated carbocycles. The lowest BCUT2D eigenvalue weighted by Crippen LogP contribution is -2.48. The van der Waals surface area contributed by atoms with Crippen LogP contribution in [-0.2, 0) is 14.3 Å². The summed E-state index contributed by atoms with van der Waals surface area (Å²) in [5.41, 5.74) is 1.91. The van der Waals surface area contributed by atoms with E-state index in [-0.39, 0.29) is 29.0 Å². The number of hydrogen-bond acceptors (Lipinski definition) is 8. The molecule has 0 aliphatic carbocycles. The number of nitrogens with one attached hydrogen (secondary N) is 1. The van der Waals surface area contributed by atoms with E-state index < -0.39 is 36.1 Å². The number of hydrogen-bond donors (Lipinski definition) is 1. The molecule has 0 aliphatic rings. The normalized spacial score (nSPS) is 13.1. The maximum Gasteiger partial charge on any atom is 0.329 e. The van der Waals surface area contributed by atoms with Crippen LogP contribution in [0.1, 0.15) is 64.9 Å². The number of ether oxygens (including phenoxy) is 4. The first kappa shape index (κ1) is 33.1. The molecule has 3 atom stereocenters. The molecule has 0 fully saturated rings. The Kier molecular flexibility index (Phi) is 12.1. The Balaban J connectivity index is 1.81. The van der Waals surface area contributed by atoms with Crippen molar-refractivity contribution in [2.24, 2.45) is 11.8 Å². The van der Waals surface area contributed by atoms with Gasteiger partial charge in [0.2, 0.25) is 5.75 Å². The van der Waals surface area contributed by atoms with E-state index in [0.717, 1.165) is 24.0 Å². The van der Waals surface area contributed by atoms with E-state index in [1.54, 1.807) is 13.8 Å². The van der Waals surface area contributed by atoms with Crippen molar-refractivity contribution in [1.82, 2.24) is 10.3 Å². The zero-order valence-electron chi connectivity index (χ0n) is 26.0. The standard InChI is InChI=1S/C34H42N2O7/c1-8-24(9-2)31(43-27-17-13-16-26(20-27)25-14-11-10-12-15-25)22(5)41-34(39)29(21(3)4)36-33(38)30-32(42-23(6)37)28(40-7)18-19-35-30/h10-22,24,29,31H,8-9H2,1-7H3,(H,36,38)/t22-,29-,31-/m0/s1. The second-order valence-corrected chi connectivity index (χ2v) is 10.7. The molecule has 0 bridgehead atoms. The van der Waals surface area contributed by atoms with Crippen LogP contribution in [0.5, 0.6) is 17.2 Å². The first-order chi connectivity index (χ1) is 20.6. The number of aromatic nitrogens is 1. The molecule has 9 heteroatoms. The molecule has 0 unspecified atom stereocenters. The lowest BCUT2D eigenvalue weighted by atomic mass is 9.92. The van der Waals surface area contributed by atoms with Crippen LogP contribution in [0.15, 0.2) is 66.9 Å². The van der Waals surface area contributed by atoms with Crippen LogP contribution in [0, 0.1) is 11.8 Å². The third-order valence-electron chi connectivity index (χ3n) is 7.25. The Hall–Kier alpha value is -4.40. The number of pyridine rings is 1. The smallest absolute Gasteiger partial charge is 0.329 e. The Morgan fingerprint density at radius 1 is 0.907 bits per heavy atom. The lowest BCUT2D eigenvalue weighted by molar-refractivity contribution is -0.158. The fourth-order valence-corrected chi connectivity index (χ4v) is 4.89. The summed E-state index contributed by atoms with van der Waals surface area (Å²) in [7, 11) is 1.38. The largest absolute Gasteiger partial charge is 0.493 e. The minimum Gasteiger partial charge on any atom is -0.493 e. The minimum absolute atomic E-state index is 0.113. The molecule has 1 aromatic heterocycles. The van der Waals surface area contributed by atoms with Crippen molar-refractivity contribution in [2.45, 2.75) is 72.6 Å². The highest BCUT2D eigenvalue weighted by Crippen LogP contribution is 2.31. The molecule has 230 valence electrons. The highest BCUT2D eigenvalue weighted by atomic mass is 16.6. The highest BCUT2D eigenvalue weighted by molar-refractivity contribution is 5.98. The lowest BCUT2D eigenvalue weighted by Gasteiger charge is -2.32. The van der Waals surface area contributed by atoms with Gasteiger partial charge in [0.25, 0.3) is 5.91 Å². The van der Waals surface area contributed by atoms with Crippen molar-refractivity contribution in [3.05, 3.63) is 72.6 Å². The highest BCUT2D eigenvalue weighted by Gasteiger charge is 2.34. The van der Waals surface area contributed by atoms with Gasteiger partial charge in [0, 0.05) is 19.2 Å². The molecule has 0 radical (unpaired) electrons. The van der Waals surface area contributed by atoms with Crippen molar-refractivity contribution in [3.8, 4) is 28.4 Å². The van der Waals surface area contributed by atoms with Crippen molar-refractivity contribution < 1.29 is 33.3 Å². The minimum atomic E-state index is -1.00. The van der Waals surface area contributed by atoms with Gasteiger partial charge in [0.05, 0.1) is 7.11 Å². The molecule has 1 N–H and O–H groups in total. The Morgan fingerprint density at radius 2 is 1.58 bits per heavy atom. The maximum atomic E-state index is 13.5. The number of benzene rings is 2. The van der Waals surface area contributed by atoms with E-state index in [1.807, 2.05) is 61.5 Å². The molecule has 0 aliphatic heterocycles. The number of methoxy groups -OCH3 is 1. The second kappa shape index (κ2) is 15.7. The van der Waals surface area contributed by atoms with Gasteiger partial charge in [-0.2, -0.15) is 0 Å². The monoisotopic (exact) mass is 590 g/mol. The molecule has 3 aromatic rings. The molecule has 43 heavy (non-hydrogen) atoms. The van der Waals surface area contributed by atoms with E-state index in [2.05, 4.69) is 24.1 Å². The number of esters is 2. The van der Waals surface area contributed by atoms with Gasteiger partial charge in [-0.3, -0.25) is 9.59 Å². The summed E-state index contributed by atoms with van der Waals surface area (Å²) in [6.45, 7) is 10.8. The van der Waals surface area contributed by atoms with Crippen molar-refractivity contribution in [3.63, 3.8) is 0 Å². The van der Waals surface area contributed by atoms with Gasteiger partial charge in [-0.25, -0.2) is 9.78 Å². The molecular formula is C34H42N2O7. The predicted molar refractivity (Wildman–Crippen MR) is 164 cm³/mol. The fraction of sp³-hybridized carbons (Fsp3) is 0.412. The van der Waals surface area contributed by atoms with E-state index in [9.17, 15) is 14.4 Å². The predicted octanol–water partition coefficient (Wildman–Crippen LogP) is 6.25. The Labute approximate surface area is 253 Å². The summed E-state index contributed by atoms with van der Waals surface area (Å²) in [6, 6.07) is 18.4. The summed E-state index contributed by atoms with van der Waals surface area (Å²) in [5.74, 6) is -1.44. The van der Waals surface area contributed by atoms with Crippen molar-refractivity contribution in [2.75, 3.05) is 7.11 Å². The average Bonchev–Trinajstić information content (AvgIpc) is 3.00. The molecular weight excluding hydrogens is 548 g/mol. The number of carbonyl (C=O) groups excluding carboxylic acids is 3. The van der Waals surface area contributed by atoms with Gasteiger partial charge in [0.1, 0.15) is 24.0 Å². The fourth-order valence-electron chi connectivity index (χ4n) is 4.89. The van der Waals surface area contributed by atoms with Crippen LogP contribution in [0.2, 0.25) is 0 Å². The third kappa shape index (κ3) is 8.80. The number of amides is 1. The quantitative estimate of drug-likeness (QED) is 0.219. The van der Waals surface area contributed by atoms with Crippen molar-refractivity contribution >= 4 is 17.8 Å². The zero-order valence-corrected chi connectivity index (χ0v) is 26.0. The topological polar surface area (TPSA) is 113 Å². The first-order valence-electron chi connectivity index (χ1n) is 14.6. The third-order valence-corrected chi connectivity index (χ3v) is 7.25. The molecule has 2 aromatic carbocycles. The van der Waals surface area contributed by atoms with Crippen molar-refractivity contribution in [1.29, 1.82) is 0 Å². The summed E-state index contributed by atoms with van der Waals surface area (Å²) in [6.07, 6.45) is 1.96. The van der Waals surface area contributed by atoms with Gasteiger partial charge in [-0.15, -0.1) is 0 Å². The Bertz CT molecular complexity index is 1370. The number of rotatable bonds is 14. The Morgan fingerprint density at radius 3 is 2.19 bits per heavy atom. The van der Waals surface area contributed by atoms with Gasteiger partial charge in [-0.05, 0) is 54.9 Å². The molecule has 1 heterocycles. The zero-order chi connectivity index (χ0) is 31.5. The SMILES string of the molecule is CCC(CC)[C@@H](Oc1cccc(-c2ccccc2)c1)[C@H](C)OC(=O)[C@@H](NC(=O)c1nccc(OC)c1OC(C)=O)C(C)C. The van der Waals surface area contributed by atoms with E-state index >= 15 is 0 Å². The summed E-state index contributed by atoms with van der Waals surface area (Å²) >= 11 is 0. The van der Waals surface area contributed by atoms with Crippen LogP contribution in [0.25, 0.3) is 11.1 Å². The average molecular weight is 591 g/mol. The van der Waals surface area contributed by atoms with E-state index in [0.29, 0.717) is 5.75 Å². The van der Waals surface area contributed by atoms with Crippen LogP contribution >= 0.6 is 0 Å². The van der Waals surface area contributed by atoms with Crippen LogP contribution in [-0.4, -0.2) is 48.2 Å². The molecule has 9 nitrogen and oxygen atoms in total. The first-order valence-corrected chi connectivity index (χ1v) is 14.6. The van der Waals surface area contributed by atoms with Crippen LogP contribution in [0.4, 0.5) is 0 Å². The summed E-state index contributed by atoms with van der Waals surface area (Å²) in [5, 5.41) is 2.71. The van der Waals surface area contributed by atoms with Crippen LogP contribution < -0.4 is 19.5 Å². The van der Waals surface area contributed by atoms with Gasteiger partial charge in [0.15, 0.2) is 11.4 Å². The van der Waals surface area contributed by atoms with E-state index in [4.69, 9.17) is 18.9 Å². The number of nitrogens with zero attached hydrogens (tertiary/aromatic N) is 1. The maximum absolute atomic E-state index is 13.5. The molecule has 0 saturated heterocycles. The van der Waals surface area contributed by atoms with E-state index in [1.165, 1.54) is 26.3 Å². The number of carbonyl (C=O) groups is 3. The van der Waals surface area contributed by atoms with Gasteiger partial charge in [-0.1, -0.05) is 70.2 Å². The van der Waals surface area contributed by atoms with Gasteiger partial charge >= 0.3 is 11.9 Å². The molecule has 3 rings (SSSR count). The van der Waals surface area contributed by atoms with Crippen LogP contribution in [0.3, 0.4) is 0 Å². The van der Waals surface area contributed by atoms with Gasteiger partial charge < -0.3 is 24.3 Å². The molecule has 0 spiro atoms. The molecule has 1 amide bonds. The summed E-state index contributed by atoms with van der Waals surface area (Å²) < 4.78 is 22.9. The second-order valence-electron chi connectivity index (χ2n) is 10.7.